The first-order valence-corrected chi connectivity index (χ1v) is 11.3. The van der Waals surface area contributed by atoms with Gasteiger partial charge in [0.15, 0.2) is 0 Å². The third-order valence-electron chi connectivity index (χ3n) is 4.81. The molecule has 1 fully saturated rings. The van der Waals surface area contributed by atoms with Gasteiger partial charge < -0.3 is 4.90 Å². The molecule has 0 radical (unpaired) electrons. The Kier molecular flexibility index (Phi) is 6.53. The Labute approximate surface area is 175 Å². The first-order valence-electron chi connectivity index (χ1n) is 9.09. The van der Waals surface area contributed by atoms with Crippen LogP contribution in [0.25, 0.3) is 0 Å². The highest BCUT2D eigenvalue weighted by atomic mass is 35.5. The number of hydrogen-bond donors (Lipinski definition) is 0. The molecular weight excluding hydrogens is 419 g/mol. The van der Waals surface area contributed by atoms with Crippen LogP contribution in [0, 0.1) is 5.92 Å². The number of rotatable bonds is 5. The lowest BCUT2D eigenvalue weighted by molar-refractivity contribution is -0.131. The first kappa shape index (κ1) is 21.0. The highest BCUT2D eigenvalue weighted by Crippen LogP contribution is 2.30. The van der Waals surface area contributed by atoms with Crippen molar-refractivity contribution in [3.05, 3.63) is 58.6 Å². The standard InChI is InChI=1S/C20H22Cl2N2O3S/c1-15-6-5-11-23(13-15)20(25)14-24(16-9-10-18(21)19(22)12-16)28(26,27)17-7-3-2-4-8-17/h2-4,7-10,12,15H,5-6,11,13-14H2,1H3/t15-/m0/s1. The number of sulfonamides is 1. The van der Waals surface area contributed by atoms with E-state index in [0.29, 0.717) is 29.7 Å². The van der Waals surface area contributed by atoms with Gasteiger partial charge in [0.25, 0.3) is 10.0 Å². The fourth-order valence-electron chi connectivity index (χ4n) is 3.31. The molecule has 1 aliphatic heterocycles. The van der Waals surface area contributed by atoms with Gasteiger partial charge in [0.05, 0.1) is 20.6 Å². The molecule has 0 aliphatic carbocycles. The predicted octanol–water partition coefficient (Wildman–Crippen LogP) is 4.45. The molecule has 2 aromatic rings. The van der Waals surface area contributed by atoms with Crippen LogP contribution in [-0.4, -0.2) is 38.9 Å². The molecule has 2 aromatic carbocycles. The molecule has 28 heavy (non-hydrogen) atoms. The van der Waals surface area contributed by atoms with Gasteiger partial charge in [0.2, 0.25) is 5.91 Å². The molecular formula is C20H22Cl2N2O3S. The minimum atomic E-state index is -3.95. The summed E-state index contributed by atoms with van der Waals surface area (Å²) in [7, 11) is -3.95. The molecule has 0 bridgehead atoms. The van der Waals surface area contributed by atoms with Crippen LogP contribution in [0.3, 0.4) is 0 Å². The second-order valence-corrected chi connectivity index (χ2v) is 9.69. The summed E-state index contributed by atoms with van der Waals surface area (Å²) in [5.41, 5.74) is 0.302. The Morgan fingerprint density at radius 1 is 1.14 bits per heavy atom. The van der Waals surface area contributed by atoms with E-state index < -0.39 is 10.0 Å². The largest absolute Gasteiger partial charge is 0.341 e. The monoisotopic (exact) mass is 440 g/mol. The summed E-state index contributed by atoms with van der Waals surface area (Å²) in [4.78, 5) is 14.8. The lowest BCUT2D eigenvalue weighted by atomic mass is 10.0. The van der Waals surface area contributed by atoms with Crippen molar-refractivity contribution >= 4 is 44.8 Å². The van der Waals surface area contributed by atoms with Crippen molar-refractivity contribution in [2.45, 2.75) is 24.7 Å². The molecule has 1 atom stereocenters. The average Bonchev–Trinajstić information content (AvgIpc) is 2.68. The quantitative estimate of drug-likeness (QED) is 0.689. The van der Waals surface area contributed by atoms with Gasteiger partial charge in [-0.3, -0.25) is 9.10 Å². The minimum Gasteiger partial charge on any atom is -0.341 e. The maximum Gasteiger partial charge on any atom is 0.264 e. The average molecular weight is 441 g/mol. The molecule has 5 nitrogen and oxygen atoms in total. The van der Waals surface area contributed by atoms with Crippen LogP contribution in [0.15, 0.2) is 53.4 Å². The molecule has 0 N–H and O–H groups in total. The molecule has 8 heteroatoms. The van der Waals surface area contributed by atoms with Crippen molar-refractivity contribution in [3.63, 3.8) is 0 Å². The summed E-state index contributed by atoms with van der Waals surface area (Å²) in [6, 6.07) is 12.6. The molecule has 1 heterocycles. The van der Waals surface area contributed by atoms with E-state index in [2.05, 4.69) is 6.92 Å². The smallest absolute Gasteiger partial charge is 0.264 e. The Morgan fingerprint density at radius 2 is 1.86 bits per heavy atom. The van der Waals surface area contributed by atoms with Crippen molar-refractivity contribution in [1.29, 1.82) is 0 Å². The van der Waals surface area contributed by atoms with E-state index in [9.17, 15) is 13.2 Å². The van der Waals surface area contributed by atoms with Crippen LogP contribution in [-0.2, 0) is 14.8 Å². The predicted molar refractivity (Wildman–Crippen MR) is 112 cm³/mol. The van der Waals surface area contributed by atoms with Crippen molar-refractivity contribution in [2.75, 3.05) is 23.9 Å². The van der Waals surface area contributed by atoms with E-state index in [1.54, 1.807) is 29.2 Å². The van der Waals surface area contributed by atoms with Crippen molar-refractivity contribution < 1.29 is 13.2 Å². The number of benzene rings is 2. The van der Waals surface area contributed by atoms with Gasteiger partial charge in [0, 0.05) is 13.1 Å². The van der Waals surface area contributed by atoms with Gasteiger partial charge in [0.1, 0.15) is 6.54 Å². The Bertz CT molecular complexity index is 951. The molecule has 0 saturated carbocycles. The first-order chi connectivity index (χ1) is 13.3. The fourth-order valence-corrected chi connectivity index (χ4v) is 5.03. The number of piperidine rings is 1. The van der Waals surface area contributed by atoms with Crippen LogP contribution < -0.4 is 4.31 Å². The lowest BCUT2D eigenvalue weighted by Gasteiger charge is -2.33. The summed E-state index contributed by atoms with van der Waals surface area (Å²) in [5, 5.41) is 0.546. The number of nitrogens with zero attached hydrogens (tertiary/aromatic N) is 2. The van der Waals surface area contributed by atoms with Gasteiger partial charge in [-0.25, -0.2) is 8.42 Å². The second-order valence-electron chi connectivity index (χ2n) is 7.01. The van der Waals surface area contributed by atoms with Crippen molar-refractivity contribution in [2.24, 2.45) is 5.92 Å². The molecule has 0 aromatic heterocycles. The molecule has 1 saturated heterocycles. The fraction of sp³-hybridized carbons (Fsp3) is 0.350. The minimum absolute atomic E-state index is 0.112. The third kappa shape index (κ3) is 4.62. The number of carbonyl (C=O) groups is 1. The summed E-state index contributed by atoms with van der Waals surface area (Å²) >= 11 is 12.1. The molecule has 0 unspecified atom stereocenters. The van der Waals surface area contributed by atoms with E-state index in [1.165, 1.54) is 24.3 Å². The Hall–Kier alpha value is -1.76. The molecule has 1 aliphatic rings. The summed E-state index contributed by atoms with van der Waals surface area (Å²) < 4.78 is 27.7. The topological polar surface area (TPSA) is 57.7 Å². The molecule has 1 amide bonds. The van der Waals surface area contributed by atoms with Crippen LogP contribution >= 0.6 is 23.2 Å². The number of amides is 1. The number of anilines is 1. The zero-order chi connectivity index (χ0) is 20.3. The van der Waals surface area contributed by atoms with Crippen molar-refractivity contribution in [1.82, 2.24) is 4.90 Å². The van der Waals surface area contributed by atoms with Gasteiger partial charge in [-0.1, -0.05) is 48.3 Å². The molecule has 0 spiro atoms. The maximum atomic E-state index is 13.3. The zero-order valence-corrected chi connectivity index (χ0v) is 17.8. The lowest BCUT2D eigenvalue weighted by Crippen LogP contribution is -2.46. The van der Waals surface area contributed by atoms with E-state index in [-0.39, 0.29) is 22.4 Å². The molecule has 3 rings (SSSR count). The molecule has 150 valence electrons. The third-order valence-corrected chi connectivity index (χ3v) is 7.34. The van der Waals surface area contributed by atoms with E-state index in [0.717, 1.165) is 17.1 Å². The van der Waals surface area contributed by atoms with Gasteiger partial charge in [-0.15, -0.1) is 0 Å². The van der Waals surface area contributed by atoms with E-state index in [4.69, 9.17) is 23.2 Å². The summed E-state index contributed by atoms with van der Waals surface area (Å²) in [5.74, 6) is 0.180. The Morgan fingerprint density at radius 3 is 2.50 bits per heavy atom. The highest BCUT2D eigenvalue weighted by molar-refractivity contribution is 7.92. The normalized spacial score (nSPS) is 17.4. The number of carbonyl (C=O) groups excluding carboxylic acids is 1. The van der Waals surface area contributed by atoms with Gasteiger partial charge in [-0.05, 0) is 49.1 Å². The second kappa shape index (κ2) is 8.72. The van der Waals surface area contributed by atoms with E-state index in [1.807, 2.05) is 0 Å². The van der Waals surface area contributed by atoms with Crippen molar-refractivity contribution in [3.8, 4) is 0 Å². The number of likely N-dealkylation sites (tertiary alicyclic amines) is 1. The SMILES string of the molecule is C[C@H]1CCCN(C(=O)CN(c2ccc(Cl)c(Cl)c2)S(=O)(=O)c2ccccc2)C1. The van der Waals surface area contributed by atoms with Crippen LogP contribution in [0.5, 0.6) is 0 Å². The Balaban J connectivity index is 1.97. The maximum absolute atomic E-state index is 13.3. The van der Waals surface area contributed by atoms with Crippen LogP contribution in [0.1, 0.15) is 19.8 Å². The number of hydrogen-bond acceptors (Lipinski definition) is 3. The van der Waals surface area contributed by atoms with Gasteiger partial charge in [-0.2, -0.15) is 0 Å². The highest BCUT2D eigenvalue weighted by Gasteiger charge is 2.30. The van der Waals surface area contributed by atoms with Crippen LogP contribution in [0.2, 0.25) is 10.0 Å². The van der Waals surface area contributed by atoms with E-state index >= 15 is 0 Å². The summed E-state index contributed by atoms with van der Waals surface area (Å²) in [6.45, 7) is 3.09. The summed E-state index contributed by atoms with van der Waals surface area (Å²) in [6.07, 6.45) is 1.99. The van der Waals surface area contributed by atoms with Crippen LogP contribution in [0.4, 0.5) is 5.69 Å². The number of halogens is 2. The zero-order valence-electron chi connectivity index (χ0n) is 15.5. The van der Waals surface area contributed by atoms with Gasteiger partial charge >= 0.3 is 0 Å².